The zero-order chi connectivity index (χ0) is 18.6. The molecule has 3 rings (SSSR count). The van der Waals surface area contributed by atoms with E-state index in [1.54, 1.807) is 0 Å². The molecule has 2 N–H and O–H groups in total. The predicted octanol–water partition coefficient (Wildman–Crippen LogP) is 3.60. The number of ether oxygens (including phenoxy) is 1. The minimum absolute atomic E-state index is 0.137. The Hall–Kier alpha value is -2.08. The molecular weight excluding hydrogens is 352 g/mol. The summed E-state index contributed by atoms with van der Waals surface area (Å²) in [6.07, 6.45) is -0.276. The van der Waals surface area contributed by atoms with Gasteiger partial charge in [0.15, 0.2) is 0 Å². The van der Waals surface area contributed by atoms with Crippen LogP contribution in [-0.2, 0) is 11.3 Å². The summed E-state index contributed by atoms with van der Waals surface area (Å²) >= 11 is 6.77. The molecule has 0 spiro atoms. The van der Waals surface area contributed by atoms with Crippen LogP contribution in [0.2, 0.25) is 0 Å². The molecule has 1 aliphatic rings. The summed E-state index contributed by atoms with van der Waals surface area (Å²) in [5.74, 6) is -0.0923. The third kappa shape index (κ3) is 4.18. The number of carboxylic acid groups (broad SMARTS) is 1. The highest BCUT2D eigenvalue weighted by molar-refractivity contribution is 6.25. The normalized spacial score (nSPS) is 23.1. The molecule has 6 heteroatoms. The van der Waals surface area contributed by atoms with E-state index in [0.29, 0.717) is 19.7 Å². The Morgan fingerprint density at radius 2 is 1.96 bits per heavy atom. The fourth-order valence-corrected chi connectivity index (χ4v) is 3.66. The van der Waals surface area contributed by atoms with Crippen LogP contribution in [0, 0.1) is 0 Å². The monoisotopic (exact) mass is 374 g/mol. The third-order valence-electron chi connectivity index (χ3n) is 4.52. The van der Waals surface area contributed by atoms with E-state index >= 15 is 0 Å². The standard InChI is InChI=1S/C20H23ClN2O3/c1-2-26-17-10-8-15(9-11-17)13-23-19(16-6-4-3-5-7-16)22-14-20(23,21)12-18(24)25/h3-11,19,22H,2,12-14H2,1H3,(H,24,25). The zero-order valence-corrected chi connectivity index (χ0v) is 15.4. The molecule has 0 radical (unpaired) electrons. The average molecular weight is 375 g/mol. The minimum atomic E-state index is -0.981. The van der Waals surface area contributed by atoms with Gasteiger partial charge in [0.05, 0.1) is 19.2 Å². The van der Waals surface area contributed by atoms with Crippen molar-refractivity contribution in [2.45, 2.75) is 31.1 Å². The van der Waals surface area contributed by atoms with E-state index in [-0.39, 0.29) is 12.6 Å². The van der Waals surface area contributed by atoms with Crippen LogP contribution < -0.4 is 10.1 Å². The van der Waals surface area contributed by atoms with Crippen LogP contribution in [-0.4, -0.2) is 34.1 Å². The van der Waals surface area contributed by atoms with E-state index in [1.807, 2.05) is 66.4 Å². The molecule has 0 aromatic heterocycles. The van der Waals surface area contributed by atoms with Gasteiger partial charge in [-0.25, -0.2) is 0 Å². The second-order valence-corrected chi connectivity index (χ2v) is 7.09. The largest absolute Gasteiger partial charge is 0.494 e. The number of nitrogens with one attached hydrogen (secondary N) is 1. The highest BCUT2D eigenvalue weighted by Gasteiger charge is 2.46. The maximum absolute atomic E-state index is 11.4. The zero-order valence-electron chi connectivity index (χ0n) is 14.7. The van der Waals surface area contributed by atoms with Gasteiger partial charge in [-0.1, -0.05) is 54.1 Å². The van der Waals surface area contributed by atoms with E-state index in [1.165, 1.54) is 0 Å². The summed E-state index contributed by atoms with van der Waals surface area (Å²) in [5.41, 5.74) is 2.11. The van der Waals surface area contributed by atoms with Crippen molar-refractivity contribution in [2.24, 2.45) is 0 Å². The molecule has 2 aromatic rings. The lowest BCUT2D eigenvalue weighted by Gasteiger charge is -2.34. The number of benzene rings is 2. The molecule has 2 atom stereocenters. The van der Waals surface area contributed by atoms with Crippen LogP contribution in [0.3, 0.4) is 0 Å². The Kier molecular flexibility index (Phi) is 5.81. The lowest BCUT2D eigenvalue weighted by molar-refractivity contribution is -0.138. The summed E-state index contributed by atoms with van der Waals surface area (Å²) < 4.78 is 5.49. The molecular formula is C20H23ClN2O3. The molecule has 0 amide bonds. The van der Waals surface area contributed by atoms with Gasteiger partial charge in [0.2, 0.25) is 0 Å². The van der Waals surface area contributed by atoms with Gasteiger partial charge in [-0.2, -0.15) is 0 Å². The first kappa shape index (κ1) is 18.7. The maximum atomic E-state index is 11.4. The summed E-state index contributed by atoms with van der Waals surface area (Å²) in [6, 6.07) is 17.8. The number of halogens is 1. The first-order valence-corrected chi connectivity index (χ1v) is 9.07. The van der Waals surface area contributed by atoms with E-state index in [0.717, 1.165) is 16.9 Å². The summed E-state index contributed by atoms with van der Waals surface area (Å²) in [6.45, 7) is 3.50. The molecule has 5 nitrogen and oxygen atoms in total. The Bertz CT molecular complexity index is 738. The quantitative estimate of drug-likeness (QED) is 0.572. The van der Waals surface area contributed by atoms with Crippen molar-refractivity contribution in [1.82, 2.24) is 10.2 Å². The van der Waals surface area contributed by atoms with Gasteiger partial charge < -0.3 is 9.84 Å². The lowest BCUT2D eigenvalue weighted by Crippen LogP contribution is -2.43. The fourth-order valence-electron chi connectivity index (χ4n) is 3.31. The average Bonchev–Trinajstić information content (AvgIpc) is 2.93. The van der Waals surface area contributed by atoms with E-state index < -0.39 is 11.0 Å². The number of nitrogens with zero attached hydrogens (tertiary/aromatic N) is 1. The predicted molar refractivity (Wildman–Crippen MR) is 101 cm³/mol. The minimum Gasteiger partial charge on any atom is -0.494 e. The van der Waals surface area contributed by atoms with Crippen LogP contribution in [0.25, 0.3) is 0 Å². The van der Waals surface area contributed by atoms with E-state index in [4.69, 9.17) is 16.3 Å². The van der Waals surface area contributed by atoms with Crippen molar-refractivity contribution >= 4 is 17.6 Å². The van der Waals surface area contributed by atoms with E-state index in [9.17, 15) is 9.90 Å². The molecule has 138 valence electrons. The first-order valence-electron chi connectivity index (χ1n) is 8.69. The molecule has 26 heavy (non-hydrogen) atoms. The van der Waals surface area contributed by atoms with Gasteiger partial charge in [0.25, 0.3) is 0 Å². The molecule has 1 aliphatic heterocycles. The van der Waals surface area contributed by atoms with Crippen molar-refractivity contribution in [2.75, 3.05) is 13.2 Å². The Morgan fingerprint density at radius 3 is 2.58 bits per heavy atom. The van der Waals surface area contributed by atoms with Crippen molar-refractivity contribution in [3.05, 3.63) is 65.7 Å². The number of hydrogen-bond donors (Lipinski definition) is 2. The smallest absolute Gasteiger partial charge is 0.306 e. The number of aliphatic carboxylic acids is 1. The first-order chi connectivity index (χ1) is 12.5. The number of hydrogen-bond acceptors (Lipinski definition) is 4. The van der Waals surface area contributed by atoms with Crippen molar-refractivity contribution in [3.63, 3.8) is 0 Å². The molecule has 1 saturated heterocycles. The second-order valence-electron chi connectivity index (χ2n) is 6.39. The topological polar surface area (TPSA) is 61.8 Å². The molecule has 1 heterocycles. The van der Waals surface area contributed by atoms with Gasteiger partial charge >= 0.3 is 5.97 Å². The van der Waals surface area contributed by atoms with Gasteiger partial charge in [-0.3, -0.25) is 15.0 Å². The number of alkyl halides is 1. The van der Waals surface area contributed by atoms with Gasteiger partial charge in [0, 0.05) is 13.1 Å². The van der Waals surface area contributed by atoms with Crippen LogP contribution in [0.5, 0.6) is 5.75 Å². The molecule has 0 bridgehead atoms. The second kappa shape index (κ2) is 8.08. The Morgan fingerprint density at radius 1 is 1.27 bits per heavy atom. The van der Waals surface area contributed by atoms with Crippen LogP contribution in [0.1, 0.15) is 30.6 Å². The summed E-state index contributed by atoms with van der Waals surface area (Å²) in [4.78, 5) is 12.4. The number of carbonyl (C=O) groups is 1. The van der Waals surface area contributed by atoms with Crippen molar-refractivity contribution < 1.29 is 14.6 Å². The van der Waals surface area contributed by atoms with Crippen LogP contribution in [0.4, 0.5) is 0 Å². The molecule has 2 aromatic carbocycles. The number of rotatable bonds is 7. The van der Waals surface area contributed by atoms with Crippen LogP contribution in [0.15, 0.2) is 54.6 Å². The summed E-state index contributed by atoms with van der Waals surface area (Å²) in [7, 11) is 0. The molecule has 0 saturated carbocycles. The van der Waals surface area contributed by atoms with Crippen molar-refractivity contribution in [3.8, 4) is 5.75 Å². The van der Waals surface area contributed by atoms with Gasteiger partial charge in [0.1, 0.15) is 10.7 Å². The highest BCUT2D eigenvalue weighted by Crippen LogP contribution is 2.39. The Balaban J connectivity index is 1.86. The molecule has 0 aliphatic carbocycles. The van der Waals surface area contributed by atoms with Crippen molar-refractivity contribution in [1.29, 1.82) is 0 Å². The maximum Gasteiger partial charge on any atom is 0.306 e. The Labute approximate surface area is 158 Å². The molecule has 2 unspecified atom stereocenters. The van der Waals surface area contributed by atoms with E-state index in [2.05, 4.69) is 5.32 Å². The fraction of sp³-hybridized carbons (Fsp3) is 0.350. The third-order valence-corrected chi connectivity index (χ3v) is 5.00. The highest BCUT2D eigenvalue weighted by atomic mass is 35.5. The van der Waals surface area contributed by atoms with Crippen LogP contribution >= 0.6 is 11.6 Å². The molecule has 1 fully saturated rings. The van der Waals surface area contributed by atoms with Gasteiger partial charge in [-0.05, 0) is 30.2 Å². The SMILES string of the molecule is CCOc1ccc(CN2C(c3ccccc3)NCC2(Cl)CC(=O)O)cc1. The summed E-state index contributed by atoms with van der Waals surface area (Å²) in [5, 5.41) is 12.7. The number of carboxylic acids is 1. The van der Waals surface area contributed by atoms with Gasteiger partial charge in [-0.15, -0.1) is 0 Å². The lowest BCUT2D eigenvalue weighted by atomic mass is 10.1.